The Morgan fingerprint density at radius 1 is 0.911 bits per heavy atom. The van der Waals surface area contributed by atoms with Crippen LogP contribution in [0.25, 0.3) is 0 Å². The number of hydrogen-bond donors (Lipinski definition) is 7. The standard InChI is InChI=1S/C36H60O9/c1-19(17-44-31-30(43)29(42)28(41)22(16-37)45-31)8-7-9-20(2)27-21(38)15-34(6)24-11-10-23-32(3,4)25(39)14-26(40)36(23)18-35(24,36)13-12-33(27,34)5/h8,20-31,37-43H,7,9-18H2,1-6H3/b19-8+/t20-,21+,22+,23+,24+,25+,26+,27+,28-,29-,30+,31-,33-,34+,35+,36-/m1/s1. The van der Waals surface area contributed by atoms with E-state index in [2.05, 4.69) is 40.7 Å². The highest BCUT2D eigenvalue weighted by molar-refractivity contribution is 5.33. The Labute approximate surface area is 269 Å². The van der Waals surface area contributed by atoms with E-state index in [9.17, 15) is 35.7 Å². The Hall–Kier alpha value is -0.620. The lowest BCUT2D eigenvalue weighted by Crippen LogP contribution is -2.61. The second-order valence-corrected chi connectivity index (χ2v) is 17.4. The molecule has 6 fully saturated rings. The van der Waals surface area contributed by atoms with E-state index in [0.717, 1.165) is 56.9 Å². The average molecular weight is 637 g/mol. The SMILES string of the molecule is C/C(=C\CC[C@@H](C)[C@H]1[C@@H](O)C[C@@]2(C)[C@@H]3CC[C@H]4C(C)(C)[C@@H](O)C[C@H](O)[C@@]45C[C@@]35CC[C@]12C)CO[C@@H]1O[C@@H](CO)[C@@H](O)[C@@H](O)[C@@H]1O. The van der Waals surface area contributed by atoms with Gasteiger partial charge in [-0.15, -0.1) is 0 Å². The summed E-state index contributed by atoms with van der Waals surface area (Å²) in [6, 6.07) is 0. The highest BCUT2D eigenvalue weighted by Gasteiger charge is 2.85. The fourth-order valence-corrected chi connectivity index (χ4v) is 12.7. The predicted octanol–water partition coefficient (Wildman–Crippen LogP) is 2.91. The van der Waals surface area contributed by atoms with Gasteiger partial charge >= 0.3 is 0 Å². The topological polar surface area (TPSA) is 160 Å². The molecule has 6 rings (SSSR count). The fraction of sp³-hybridized carbons (Fsp3) is 0.944. The van der Waals surface area contributed by atoms with Crippen LogP contribution < -0.4 is 0 Å². The summed E-state index contributed by atoms with van der Waals surface area (Å²) in [6.07, 6.45) is 2.90. The number of aliphatic hydroxyl groups is 7. The number of ether oxygens (including phenoxy) is 2. The van der Waals surface area contributed by atoms with Crippen molar-refractivity contribution in [2.75, 3.05) is 13.2 Å². The third-order valence-corrected chi connectivity index (χ3v) is 15.2. The molecular weight excluding hydrogens is 576 g/mol. The van der Waals surface area contributed by atoms with E-state index in [1.807, 2.05) is 6.92 Å². The minimum absolute atomic E-state index is 0.00296. The van der Waals surface area contributed by atoms with Gasteiger partial charge in [0, 0.05) is 11.8 Å². The van der Waals surface area contributed by atoms with Crippen molar-refractivity contribution in [3.63, 3.8) is 0 Å². The molecule has 6 aliphatic rings. The molecule has 5 saturated carbocycles. The van der Waals surface area contributed by atoms with Gasteiger partial charge in [-0.3, -0.25) is 0 Å². The molecule has 0 aromatic heterocycles. The minimum atomic E-state index is -1.46. The van der Waals surface area contributed by atoms with Crippen LogP contribution in [0, 0.1) is 50.7 Å². The van der Waals surface area contributed by atoms with Crippen LogP contribution in [0.3, 0.4) is 0 Å². The average Bonchev–Trinajstić information content (AvgIpc) is 3.62. The van der Waals surface area contributed by atoms with E-state index < -0.39 is 49.5 Å². The maximum Gasteiger partial charge on any atom is 0.187 e. The first kappa shape index (κ1) is 34.3. The monoisotopic (exact) mass is 636 g/mol. The van der Waals surface area contributed by atoms with Crippen molar-refractivity contribution in [1.29, 1.82) is 0 Å². The summed E-state index contributed by atoms with van der Waals surface area (Å²) in [5.74, 6) is 1.33. The van der Waals surface area contributed by atoms with Crippen LogP contribution in [0.4, 0.5) is 0 Å². The van der Waals surface area contributed by atoms with Crippen molar-refractivity contribution in [2.24, 2.45) is 50.7 Å². The van der Waals surface area contributed by atoms with Crippen molar-refractivity contribution in [2.45, 2.75) is 148 Å². The first-order valence-electron chi connectivity index (χ1n) is 17.6. The molecule has 1 saturated heterocycles. The zero-order chi connectivity index (χ0) is 32.9. The normalized spacial score (nSPS) is 54.4. The molecule has 2 spiro atoms. The van der Waals surface area contributed by atoms with Crippen LogP contribution >= 0.6 is 0 Å². The molecule has 0 aromatic rings. The van der Waals surface area contributed by atoms with E-state index in [1.54, 1.807) is 0 Å². The second-order valence-electron chi connectivity index (χ2n) is 17.4. The van der Waals surface area contributed by atoms with Crippen LogP contribution in [-0.2, 0) is 9.47 Å². The lowest BCUT2D eigenvalue weighted by Gasteiger charge is -2.63. The molecule has 0 radical (unpaired) electrons. The van der Waals surface area contributed by atoms with E-state index >= 15 is 0 Å². The third kappa shape index (κ3) is 4.73. The van der Waals surface area contributed by atoms with Crippen LogP contribution in [0.15, 0.2) is 11.6 Å². The molecule has 0 bridgehead atoms. The number of fused-ring (bicyclic) bond motifs is 2. The van der Waals surface area contributed by atoms with E-state index in [4.69, 9.17) is 9.47 Å². The summed E-state index contributed by atoms with van der Waals surface area (Å²) in [5.41, 5.74) is 0.822. The number of aliphatic hydroxyl groups excluding tert-OH is 7. The van der Waals surface area contributed by atoms with Crippen molar-refractivity contribution < 1.29 is 45.2 Å². The molecule has 16 atom stereocenters. The fourth-order valence-electron chi connectivity index (χ4n) is 12.7. The lowest BCUT2D eigenvalue weighted by molar-refractivity contribution is -0.299. The highest BCUT2D eigenvalue weighted by Crippen LogP contribution is 2.89. The van der Waals surface area contributed by atoms with Crippen LogP contribution in [0.1, 0.15) is 99.3 Å². The zero-order valence-corrected chi connectivity index (χ0v) is 28.2. The summed E-state index contributed by atoms with van der Waals surface area (Å²) in [5, 5.41) is 73.9. The lowest BCUT2D eigenvalue weighted by atomic mass is 9.41. The van der Waals surface area contributed by atoms with Gasteiger partial charge in [-0.05, 0) is 104 Å². The van der Waals surface area contributed by atoms with E-state index in [-0.39, 0.29) is 45.7 Å². The molecule has 0 amide bonds. The molecule has 7 N–H and O–H groups in total. The Balaban J connectivity index is 1.10. The Morgan fingerprint density at radius 3 is 2.29 bits per heavy atom. The van der Waals surface area contributed by atoms with Crippen molar-refractivity contribution >= 4 is 0 Å². The smallest absolute Gasteiger partial charge is 0.187 e. The summed E-state index contributed by atoms with van der Waals surface area (Å²) < 4.78 is 11.2. The molecule has 1 heterocycles. The van der Waals surface area contributed by atoms with E-state index in [0.29, 0.717) is 24.2 Å². The van der Waals surface area contributed by atoms with Gasteiger partial charge < -0.3 is 45.2 Å². The summed E-state index contributed by atoms with van der Waals surface area (Å²) >= 11 is 0. The summed E-state index contributed by atoms with van der Waals surface area (Å²) in [4.78, 5) is 0. The molecule has 0 unspecified atom stereocenters. The molecule has 5 aliphatic carbocycles. The van der Waals surface area contributed by atoms with Gasteiger partial charge in [0.2, 0.25) is 0 Å². The molecular formula is C36H60O9. The highest BCUT2D eigenvalue weighted by atomic mass is 16.7. The molecule has 9 nitrogen and oxygen atoms in total. The molecule has 258 valence electrons. The maximum atomic E-state index is 11.7. The zero-order valence-electron chi connectivity index (χ0n) is 28.2. The second kappa shape index (κ2) is 11.5. The van der Waals surface area contributed by atoms with Crippen molar-refractivity contribution in [3.8, 4) is 0 Å². The maximum absolute atomic E-state index is 11.7. The molecule has 0 aromatic carbocycles. The van der Waals surface area contributed by atoms with E-state index in [1.165, 1.54) is 0 Å². The first-order valence-corrected chi connectivity index (χ1v) is 17.6. The van der Waals surface area contributed by atoms with Crippen LogP contribution in [-0.4, -0.2) is 98.0 Å². The Bertz CT molecular complexity index is 1140. The molecule has 45 heavy (non-hydrogen) atoms. The van der Waals surface area contributed by atoms with Crippen molar-refractivity contribution in [1.82, 2.24) is 0 Å². The summed E-state index contributed by atoms with van der Waals surface area (Å²) in [7, 11) is 0. The Kier molecular flexibility index (Phi) is 8.74. The summed E-state index contributed by atoms with van der Waals surface area (Å²) in [6.45, 7) is 13.3. The number of allylic oxidation sites excluding steroid dienone is 1. The largest absolute Gasteiger partial charge is 0.394 e. The number of hydrogen-bond acceptors (Lipinski definition) is 9. The van der Waals surface area contributed by atoms with Gasteiger partial charge in [-0.25, -0.2) is 0 Å². The van der Waals surface area contributed by atoms with Crippen LogP contribution in [0.5, 0.6) is 0 Å². The van der Waals surface area contributed by atoms with Gasteiger partial charge in [0.1, 0.15) is 24.4 Å². The van der Waals surface area contributed by atoms with Gasteiger partial charge in [0.15, 0.2) is 6.29 Å². The van der Waals surface area contributed by atoms with Crippen molar-refractivity contribution in [3.05, 3.63) is 11.6 Å². The van der Waals surface area contributed by atoms with Gasteiger partial charge in [-0.2, -0.15) is 0 Å². The first-order chi connectivity index (χ1) is 21.0. The molecule has 1 aliphatic heterocycles. The predicted molar refractivity (Wildman–Crippen MR) is 168 cm³/mol. The number of rotatable bonds is 8. The Morgan fingerprint density at radius 2 is 1.60 bits per heavy atom. The quantitative estimate of drug-likeness (QED) is 0.199. The third-order valence-electron chi connectivity index (χ3n) is 15.2. The van der Waals surface area contributed by atoms with Crippen LogP contribution in [0.2, 0.25) is 0 Å². The minimum Gasteiger partial charge on any atom is -0.394 e. The molecule has 9 heteroatoms. The van der Waals surface area contributed by atoms with Gasteiger partial charge in [-0.1, -0.05) is 46.3 Å². The van der Waals surface area contributed by atoms with Gasteiger partial charge in [0.25, 0.3) is 0 Å². The van der Waals surface area contributed by atoms with Gasteiger partial charge in [0.05, 0.1) is 31.5 Å².